The van der Waals surface area contributed by atoms with Crippen molar-refractivity contribution in [2.24, 2.45) is 0 Å². The molecule has 1 rings (SSSR count). The summed E-state index contributed by atoms with van der Waals surface area (Å²) in [7, 11) is -3.64. The van der Waals surface area contributed by atoms with E-state index in [9.17, 15) is 13.5 Å². The highest BCUT2D eigenvalue weighted by atomic mass is 79.9. The Balaban J connectivity index is 2.94. The van der Waals surface area contributed by atoms with Crippen molar-refractivity contribution in [2.75, 3.05) is 6.54 Å². The number of pyridine rings is 1. The monoisotopic (exact) mass is 322 g/mol. The van der Waals surface area contributed by atoms with E-state index in [1.807, 2.05) is 0 Å². The molecule has 17 heavy (non-hydrogen) atoms. The molecule has 0 unspecified atom stereocenters. The molecule has 0 aliphatic heterocycles. The zero-order valence-corrected chi connectivity index (χ0v) is 12.3. The van der Waals surface area contributed by atoms with Crippen LogP contribution < -0.4 is 4.72 Å². The molecule has 0 aliphatic carbocycles. The van der Waals surface area contributed by atoms with Crippen molar-refractivity contribution in [2.45, 2.75) is 31.3 Å². The molecule has 0 radical (unpaired) electrons. The first kappa shape index (κ1) is 14.6. The zero-order chi connectivity index (χ0) is 13.3. The number of hydrogen-bond donors (Lipinski definition) is 2. The summed E-state index contributed by atoms with van der Waals surface area (Å²) in [4.78, 5) is 4.03. The second-order valence-electron chi connectivity index (χ2n) is 4.38. The van der Waals surface area contributed by atoms with Gasteiger partial charge in [-0.1, -0.05) is 0 Å². The summed E-state index contributed by atoms with van der Waals surface area (Å²) in [6, 6.07) is 1.48. The molecule has 0 fully saturated rings. The quantitative estimate of drug-likeness (QED) is 0.873. The van der Waals surface area contributed by atoms with Crippen molar-refractivity contribution in [3.05, 3.63) is 22.4 Å². The van der Waals surface area contributed by atoms with Gasteiger partial charge in [0.2, 0.25) is 10.0 Å². The van der Waals surface area contributed by atoms with Gasteiger partial charge >= 0.3 is 0 Å². The van der Waals surface area contributed by atoms with E-state index in [2.05, 4.69) is 25.6 Å². The predicted octanol–water partition coefficient (Wildman–Crippen LogP) is 1.20. The number of hydrogen-bond acceptors (Lipinski definition) is 4. The molecule has 1 aromatic heterocycles. The van der Waals surface area contributed by atoms with E-state index in [-0.39, 0.29) is 11.4 Å². The Morgan fingerprint density at radius 2 is 2.12 bits per heavy atom. The lowest BCUT2D eigenvalue weighted by atomic mass is 10.1. The molecule has 96 valence electrons. The van der Waals surface area contributed by atoms with Crippen molar-refractivity contribution >= 4 is 26.0 Å². The van der Waals surface area contributed by atoms with Gasteiger partial charge in [-0.25, -0.2) is 13.1 Å². The molecule has 0 amide bonds. The Hall–Kier alpha value is -0.500. The maximum absolute atomic E-state index is 11.9. The lowest BCUT2D eigenvalue weighted by Gasteiger charge is -2.17. The smallest absolute Gasteiger partial charge is 0.242 e. The van der Waals surface area contributed by atoms with Crippen molar-refractivity contribution in [3.8, 4) is 0 Å². The molecular weight excluding hydrogens is 308 g/mol. The zero-order valence-electron chi connectivity index (χ0n) is 9.86. The number of aromatic nitrogens is 1. The second kappa shape index (κ2) is 5.01. The van der Waals surface area contributed by atoms with Crippen LogP contribution in [0.1, 0.15) is 19.5 Å². The Kier molecular flexibility index (Phi) is 4.29. The number of halogens is 1. The van der Waals surface area contributed by atoms with Gasteiger partial charge in [0, 0.05) is 17.2 Å². The standard InChI is InChI=1S/C10H15BrN2O3S/c1-7-9(11)4-8(5-12-7)17(15,16)13-6-10(2,3)14/h4-5,13-14H,6H2,1-3H3. The number of aliphatic hydroxyl groups is 1. The number of rotatable bonds is 4. The van der Waals surface area contributed by atoms with Crippen LogP contribution in [0.25, 0.3) is 0 Å². The molecule has 1 heterocycles. The number of sulfonamides is 1. The van der Waals surface area contributed by atoms with E-state index >= 15 is 0 Å². The topological polar surface area (TPSA) is 79.3 Å². The predicted molar refractivity (Wildman–Crippen MR) is 68.2 cm³/mol. The van der Waals surface area contributed by atoms with Crippen LogP contribution in [0, 0.1) is 6.92 Å². The summed E-state index contributed by atoms with van der Waals surface area (Å²) in [5, 5.41) is 9.47. The van der Waals surface area contributed by atoms with Gasteiger partial charge in [0.05, 0.1) is 11.3 Å². The summed E-state index contributed by atoms with van der Waals surface area (Å²) >= 11 is 3.23. The Labute approximate surface area is 109 Å². The average molecular weight is 323 g/mol. The lowest BCUT2D eigenvalue weighted by molar-refractivity contribution is 0.0857. The molecule has 5 nitrogen and oxygen atoms in total. The van der Waals surface area contributed by atoms with Gasteiger partial charge < -0.3 is 5.11 Å². The molecular formula is C10H15BrN2O3S. The Morgan fingerprint density at radius 3 is 2.59 bits per heavy atom. The highest BCUT2D eigenvalue weighted by molar-refractivity contribution is 9.10. The highest BCUT2D eigenvalue weighted by Gasteiger charge is 2.20. The van der Waals surface area contributed by atoms with Gasteiger partial charge in [-0.2, -0.15) is 0 Å². The second-order valence-corrected chi connectivity index (χ2v) is 7.00. The fourth-order valence-electron chi connectivity index (χ4n) is 0.991. The third kappa shape index (κ3) is 4.34. The molecule has 2 N–H and O–H groups in total. The molecule has 0 saturated carbocycles. The number of nitrogens with one attached hydrogen (secondary N) is 1. The molecule has 0 bridgehead atoms. The first-order chi connectivity index (χ1) is 7.62. The van der Waals surface area contributed by atoms with E-state index in [1.165, 1.54) is 26.1 Å². The maximum atomic E-state index is 11.9. The van der Waals surface area contributed by atoms with E-state index in [4.69, 9.17) is 0 Å². The van der Waals surface area contributed by atoms with Gasteiger partial charge in [-0.15, -0.1) is 0 Å². The van der Waals surface area contributed by atoms with E-state index in [0.717, 1.165) is 0 Å². The Bertz CT molecular complexity index is 509. The third-order valence-electron chi connectivity index (χ3n) is 2.01. The minimum Gasteiger partial charge on any atom is -0.389 e. The van der Waals surface area contributed by atoms with Gasteiger partial charge in [0.1, 0.15) is 4.90 Å². The van der Waals surface area contributed by atoms with Crippen LogP contribution in [0.4, 0.5) is 0 Å². The fraction of sp³-hybridized carbons (Fsp3) is 0.500. The summed E-state index contributed by atoms with van der Waals surface area (Å²) in [6.45, 7) is 4.77. The number of aryl methyl sites for hydroxylation is 1. The molecule has 1 aromatic rings. The molecule has 0 aromatic carbocycles. The summed E-state index contributed by atoms with van der Waals surface area (Å²) < 4.78 is 26.7. The largest absolute Gasteiger partial charge is 0.389 e. The fourth-order valence-corrected chi connectivity index (χ4v) is 2.67. The van der Waals surface area contributed by atoms with Crippen molar-refractivity contribution in [1.82, 2.24) is 9.71 Å². The number of nitrogens with zero attached hydrogens (tertiary/aromatic N) is 1. The highest BCUT2D eigenvalue weighted by Crippen LogP contribution is 2.18. The Morgan fingerprint density at radius 1 is 1.53 bits per heavy atom. The molecule has 0 atom stereocenters. The van der Waals surface area contributed by atoms with Crippen LogP contribution in [0.5, 0.6) is 0 Å². The maximum Gasteiger partial charge on any atom is 0.242 e. The van der Waals surface area contributed by atoms with Crippen molar-refractivity contribution < 1.29 is 13.5 Å². The van der Waals surface area contributed by atoms with Gasteiger partial charge in [-0.3, -0.25) is 4.98 Å². The van der Waals surface area contributed by atoms with Crippen LogP contribution in [0.3, 0.4) is 0 Å². The van der Waals surface area contributed by atoms with Gasteiger partial charge in [0.15, 0.2) is 0 Å². The summed E-state index contributed by atoms with van der Waals surface area (Å²) in [6.07, 6.45) is 1.28. The van der Waals surface area contributed by atoms with E-state index in [0.29, 0.717) is 10.2 Å². The first-order valence-corrected chi connectivity index (χ1v) is 7.24. The lowest BCUT2D eigenvalue weighted by Crippen LogP contribution is -2.38. The normalized spacial score (nSPS) is 12.8. The first-order valence-electron chi connectivity index (χ1n) is 4.96. The van der Waals surface area contributed by atoms with Gasteiger partial charge in [0.25, 0.3) is 0 Å². The molecule has 0 aliphatic rings. The van der Waals surface area contributed by atoms with Crippen LogP contribution in [0.2, 0.25) is 0 Å². The van der Waals surface area contributed by atoms with Crippen LogP contribution in [-0.2, 0) is 10.0 Å². The minimum absolute atomic E-state index is 0.0547. The average Bonchev–Trinajstić information content (AvgIpc) is 2.18. The molecule has 7 heteroatoms. The third-order valence-corrected chi connectivity index (χ3v) is 4.18. The SMILES string of the molecule is Cc1ncc(S(=O)(=O)NCC(C)(C)O)cc1Br. The van der Waals surface area contributed by atoms with Crippen molar-refractivity contribution in [1.29, 1.82) is 0 Å². The molecule has 0 spiro atoms. The summed E-state index contributed by atoms with van der Waals surface area (Å²) in [5.74, 6) is 0. The van der Waals surface area contributed by atoms with Crippen LogP contribution >= 0.6 is 15.9 Å². The van der Waals surface area contributed by atoms with E-state index in [1.54, 1.807) is 6.92 Å². The van der Waals surface area contributed by atoms with E-state index < -0.39 is 15.6 Å². The van der Waals surface area contributed by atoms with Crippen molar-refractivity contribution in [3.63, 3.8) is 0 Å². The van der Waals surface area contributed by atoms with Gasteiger partial charge in [-0.05, 0) is 42.8 Å². The van der Waals surface area contributed by atoms with Crippen LogP contribution in [0.15, 0.2) is 21.6 Å². The minimum atomic E-state index is -3.64. The molecule has 0 saturated heterocycles. The summed E-state index contributed by atoms with van der Waals surface area (Å²) in [5.41, 5.74) is -0.381. The van der Waals surface area contributed by atoms with Crippen LogP contribution in [-0.4, -0.2) is 30.7 Å².